The minimum absolute atomic E-state index is 0.0243. The number of hydrogen-bond donors (Lipinski definition) is 1. The first-order chi connectivity index (χ1) is 15.4. The molecule has 1 N–H and O–H groups in total. The molecule has 178 valence electrons. The normalized spacial score (nSPS) is 14.2. The number of benzene rings is 2. The van der Waals surface area contributed by atoms with E-state index in [0.29, 0.717) is 0 Å². The molecule has 0 saturated heterocycles. The first-order valence-corrected chi connectivity index (χ1v) is 11.3. The van der Waals surface area contributed by atoms with Crippen molar-refractivity contribution in [3.8, 4) is 5.75 Å². The summed E-state index contributed by atoms with van der Waals surface area (Å²) in [6.07, 6.45) is -0.0624. The summed E-state index contributed by atoms with van der Waals surface area (Å²) in [5, 5.41) is 2.31. The third kappa shape index (κ3) is 5.08. The van der Waals surface area contributed by atoms with Gasteiger partial charge in [-0.3, -0.25) is 9.62 Å². The summed E-state index contributed by atoms with van der Waals surface area (Å²) in [6.45, 7) is 4.78. The van der Waals surface area contributed by atoms with E-state index in [1.165, 1.54) is 32.0 Å². The molecule has 0 aromatic heterocycles. The summed E-state index contributed by atoms with van der Waals surface area (Å²) in [6, 6.07) is 8.53. The van der Waals surface area contributed by atoms with E-state index < -0.39 is 39.9 Å². The Balaban J connectivity index is 1.79. The molecule has 0 aliphatic carbocycles. The third-order valence-electron chi connectivity index (χ3n) is 5.27. The van der Waals surface area contributed by atoms with Crippen LogP contribution >= 0.6 is 0 Å². The lowest BCUT2D eigenvalue weighted by Crippen LogP contribution is -2.40. The Morgan fingerprint density at radius 1 is 1.24 bits per heavy atom. The predicted molar refractivity (Wildman–Crippen MR) is 117 cm³/mol. The second kappa shape index (κ2) is 8.97. The molecule has 11 heteroatoms. The van der Waals surface area contributed by atoms with E-state index in [-0.39, 0.29) is 35.2 Å². The van der Waals surface area contributed by atoms with Gasteiger partial charge in [0.2, 0.25) is 0 Å². The van der Waals surface area contributed by atoms with Gasteiger partial charge in [0.05, 0.1) is 17.1 Å². The van der Waals surface area contributed by atoms with E-state index in [1.807, 2.05) is 0 Å². The zero-order chi connectivity index (χ0) is 24.4. The molecule has 0 bridgehead atoms. The standard InChI is InChI=1S/C22H23F3N2O5S/c1-4-21(2,3)22(24,25)14-32-20(28)26-16-7-10-19-18(13-16)27(11-12-31-19)33(29,30)17-8-5-15(23)6-9-17/h4-10,13H,1,11-12,14H2,2-3H3,(H,26,28). The number of rotatable bonds is 7. The Labute approximate surface area is 189 Å². The number of nitrogens with one attached hydrogen (secondary N) is 1. The molecule has 1 amide bonds. The molecular formula is C22H23F3N2O5S. The van der Waals surface area contributed by atoms with Crippen LogP contribution in [-0.4, -0.2) is 40.2 Å². The monoisotopic (exact) mass is 484 g/mol. The van der Waals surface area contributed by atoms with Gasteiger partial charge in [-0.05, 0) is 42.5 Å². The van der Waals surface area contributed by atoms with Gasteiger partial charge in [-0.25, -0.2) is 26.4 Å². The van der Waals surface area contributed by atoms with Crippen molar-refractivity contribution in [3.05, 3.63) is 60.9 Å². The summed E-state index contributed by atoms with van der Waals surface area (Å²) in [7, 11) is -4.05. The van der Waals surface area contributed by atoms with Crippen LogP contribution in [0.15, 0.2) is 60.0 Å². The van der Waals surface area contributed by atoms with Crippen LogP contribution in [0.4, 0.5) is 29.3 Å². The van der Waals surface area contributed by atoms with E-state index in [9.17, 15) is 26.4 Å². The predicted octanol–water partition coefficient (Wildman–Crippen LogP) is 4.81. The molecule has 0 fully saturated rings. The Bertz CT molecular complexity index is 1150. The van der Waals surface area contributed by atoms with Gasteiger partial charge < -0.3 is 9.47 Å². The number of carbonyl (C=O) groups is 1. The van der Waals surface area contributed by atoms with Gasteiger partial charge in [0.25, 0.3) is 15.9 Å². The smallest absolute Gasteiger partial charge is 0.411 e. The second-order valence-electron chi connectivity index (χ2n) is 7.89. The zero-order valence-electron chi connectivity index (χ0n) is 18.0. The highest BCUT2D eigenvalue weighted by Crippen LogP contribution is 2.39. The van der Waals surface area contributed by atoms with Gasteiger partial charge >= 0.3 is 6.09 Å². The number of alkyl halides is 2. The number of hydrogen-bond acceptors (Lipinski definition) is 5. The van der Waals surface area contributed by atoms with E-state index in [4.69, 9.17) is 4.74 Å². The molecule has 2 aromatic rings. The molecule has 3 rings (SSSR count). The van der Waals surface area contributed by atoms with Crippen LogP contribution < -0.4 is 14.4 Å². The van der Waals surface area contributed by atoms with Crippen LogP contribution in [0.3, 0.4) is 0 Å². The fraction of sp³-hybridized carbons (Fsp3) is 0.318. The first-order valence-electron chi connectivity index (χ1n) is 9.88. The first kappa shape index (κ1) is 24.4. The van der Waals surface area contributed by atoms with Crippen LogP contribution in [0.5, 0.6) is 5.75 Å². The van der Waals surface area contributed by atoms with Crippen molar-refractivity contribution < 1.29 is 35.9 Å². The Hall–Kier alpha value is -3.21. The lowest BCUT2D eigenvalue weighted by Gasteiger charge is -2.31. The maximum absolute atomic E-state index is 14.2. The maximum atomic E-state index is 14.2. The number of amides is 1. The average Bonchev–Trinajstić information content (AvgIpc) is 2.77. The average molecular weight is 484 g/mol. The van der Waals surface area contributed by atoms with Gasteiger partial charge in [0, 0.05) is 11.1 Å². The minimum Gasteiger partial charge on any atom is -0.489 e. The van der Waals surface area contributed by atoms with Crippen molar-refractivity contribution in [2.75, 3.05) is 29.4 Å². The number of halogens is 3. The Morgan fingerprint density at radius 2 is 1.91 bits per heavy atom. The SMILES string of the molecule is C=CC(C)(C)C(F)(F)COC(=O)Nc1ccc2c(c1)N(S(=O)(=O)c1ccc(F)cc1)CCO2. The van der Waals surface area contributed by atoms with Gasteiger partial charge in [-0.1, -0.05) is 19.9 Å². The van der Waals surface area contributed by atoms with Gasteiger partial charge in [0.1, 0.15) is 18.2 Å². The van der Waals surface area contributed by atoms with Gasteiger partial charge in [-0.2, -0.15) is 0 Å². The minimum atomic E-state index is -4.05. The molecule has 0 radical (unpaired) electrons. The third-order valence-corrected chi connectivity index (χ3v) is 7.09. The number of nitrogens with zero attached hydrogens (tertiary/aromatic N) is 1. The molecule has 0 spiro atoms. The summed E-state index contributed by atoms with van der Waals surface area (Å²) >= 11 is 0. The topological polar surface area (TPSA) is 84.9 Å². The van der Waals surface area contributed by atoms with Crippen molar-refractivity contribution in [2.45, 2.75) is 24.7 Å². The molecular weight excluding hydrogens is 461 g/mol. The highest BCUT2D eigenvalue weighted by Gasteiger charge is 2.45. The number of carbonyl (C=O) groups excluding carboxylic acids is 1. The van der Waals surface area contributed by atoms with Crippen LogP contribution in [0, 0.1) is 11.2 Å². The van der Waals surface area contributed by atoms with Crippen molar-refractivity contribution >= 4 is 27.5 Å². The largest absolute Gasteiger partial charge is 0.489 e. The molecule has 0 atom stereocenters. The van der Waals surface area contributed by atoms with Crippen molar-refractivity contribution in [3.63, 3.8) is 0 Å². The lowest BCUT2D eigenvalue weighted by atomic mass is 9.86. The number of allylic oxidation sites excluding steroid dienone is 1. The molecule has 7 nitrogen and oxygen atoms in total. The van der Waals surface area contributed by atoms with Crippen LogP contribution in [0.1, 0.15) is 13.8 Å². The number of sulfonamides is 1. The van der Waals surface area contributed by atoms with E-state index in [1.54, 1.807) is 0 Å². The van der Waals surface area contributed by atoms with E-state index in [2.05, 4.69) is 16.6 Å². The fourth-order valence-corrected chi connectivity index (χ4v) is 4.35. The van der Waals surface area contributed by atoms with Crippen LogP contribution in [0.25, 0.3) is 0 Å². The van der Waals surface area contributed by atoms with E-state index >= 15 is 0 Å². The fourth-order valence-electron chi connectivity index (χ4n) is 2.90. The van der Waals surface area contributed by atoms with Crippen molar-refractivity contribution in [1.29, 1.82) is 0 Å². The molecule has 1 aliphatic rings. The second-order valence-corrected chi connectivity index (χ2v) is 9.76. The zero-order valence-corrected chi connectivity index (χ0v) is 18.8. The molecule has 1 heterocycles. The van der Waals surface area contributed by atoms with Crippen LogP contribution in [0.2, 0.25) is 0 Å². The molecule has 0 unspecified atom stereocenters. The van der Waals surface area contributed by atoms with Crippen molar-refractivity contribution in [2.24, 2.45) is 5.41 Å². The maximum Gasteiger partial charge on any atom is 0.411 e. The summed E-state index contributed by atoms with van der Waals surface area (Å²) in [5.74, 6) is -3.69. The van der Waals surface area contributed by atoms with Crippen LogP contribution in [-0.2, 0) is 14.8 Å². The Kier molecular flexibility index (Phi) is 6.64. The summed E-state index contributed by atoms with van der Waals surface area (Å²) in [5.41, 5.74) is -1.36. The highest BCUT2D eigenvalue weighted by atomic mass is 32.2. The quantitative estimate of drug-likeness (QED) is 0.570. The lowest BCUT2D eigenvalue weighted by molar-refractivity contribution is -0.117. The molecule has 1 aliphatic heterocycles. The number of ether oxygens (including phenoxy) is 2. The summed E-state index contributed by atoms with van der Waals surface area (Å²) < 4.78 is 79.0. The highest BCUT2D eigenvalue weighted by molar-refractivity contribution is 7.92. The summed E-state index contributed by atoms with van der Waals surface area (Å²) in [4.78, 5) is 12.0. The number of fused-ring (bicyclic) bond motifs is 1. The molecule has 33 heavy (non-hydrogen) atoms. The van der Waals surface area contributed by atoms with E-state index in [0.717, 1.165) is 34.6 Å². The van der Waals surface area contributed by atoms with Gasteiger partial charge in [-0.15, -0.1) is 6.58 Å². The number of anilines is 2. The molecule has 2 aromatic carbocycles. The van der Waals surface area contributed by atoms with Gasteiger partial charge in [0.15, 0.2) is 6.61 Å². The van der Waals surface area contributed by atoms with Crippen molar-refractivity contribution in [1.82, 2.24) is 0 Å². The molecule has 0 saturated carbocycles. The Morgan fingerprint density at radius 3 is 2.55 bits per heavy atom.